The molecule has 0 aliphatic carbocycles. The van der Waals surface area contributed by atoms with Crippen molar-refractivity contribution >= 4 is 13.9 Å². The molecule has 0 radical (unpaired) electrons. The SMILES string of the molecule is CCN(c1cc(F)cc(F)c1F)[Si](C)(C)C. The number of rotatable bonds is 3. The number of anilines is 1. The maximum atomic E-state index is 13.6. The summed E-state index contributed by atoms with van der Waals surface area (Å²) in [6.07, 6.45) is 0. The standard InChI is InChI=1S/C11H16F3NSi/c1-5-15(16(2,3)4)10-7-8(12)6-9(13)11(10)14/h6-7H,5H2,1-4H3. The number of hydrogen-bond acceptors (Lipinski definition) is 1. The summed E-state index contributed by atoms with van der Waals surface area (Å²) >= 11 is 0. The van der Waals surface area contributed by atoms with Gasteiger partial charge in [0.25, 0.3) is 0 Å². The van der Waals surface area contributed by atoms with Gasteiger partial charge in [-0.2, -0.15) is 0 Å². The predicted molar refractivity (Wildman–Crippen MR) is 62.7 cm³/mol. The van der Waals surface area contributed by atoms with Crippen molar-refractivity contribution in [3.63, 3.8) is 0 Å². The van der Waals surface area contributed by atoms with E-state index in [-0.39, 0.29) is 5.69 Å². The van der Waals surface area contributed by atoms with Crippen LogP contribution in [0.5, 0.6) is 0 Å². The Labute approximate surface area is 95.0 Å². The van der Waals surface area contributed by atoms with Crippen LogP contribution in [0.25, 0.3) is 0 Å². The first-order valence-corrected chi connectivity index (χ1v) is 8.64. The van der Waals surface area contributed by atoms with Gasteiger partial charge in [0.15, 0.2) is 11.6 Å². The lowest BCUT2D eigenvalue weighted by molar-refractivity contribution is 0.495. The van der Waals surface area contributed by atoms with Crippen LogP contribution in [0, 0.1) is 17.5 Å². The lowest BCUT2D eigenvalue weighted by Crippen LogP contribution is -2.46. The van der Waals surface area contributed by atoms with E-state index in [0.717, 1.165) is 6.07 Å². The molecule has 1 nitrogen and oxygen atoms in total. The molecule has 0 unspecified atom stereocenters. The first-order chi connectivity index (χ1) is 7.27. The summed E-state index contributed by atoms with van der Waals surface area (Å²) in [6, 6.07) is 1.62. The Morgan fingerprint density at radius 2 is 1.69 bits per heavy atom. The van der Waals surface area contributed by atoms with E-state index in [2.05, 4.69) is 0 Å². The summed E-state index contributed by atoms with van der Waals surface area (Å²) in [4.78, 5) is 0. The van der Waals surface area contributed by atoms with Gasteiger partial charge < -0.3 is 4.57 Å². The molecule has 0 fully saturated rings. The third kappa shape index (κ3) is 2.58. The number of hydrogen-bond donors (Lipinski definition) is 0. The van der Waals surface area contributed by atoms with Gasteiger partial charge in [-0.3, -0.25) is 0 Å². The Hall–Kier alpha value is -0.973. The quantitative estimate of drug-likeness (QED) is 0.580. The molecule has 0 saturated heterocycles. The second-order valence-electron chi connectivity index (χ2n) is 4.64. The zero-order valence-corrected chi connectivity index (χ0v) is 10.9. The summed E-state index contributed by atoms with van der Waals surface area (Å²) in [5.74, 6) is -2.84. The first kappa shape index (κ1) is 13.1. The van der Waals surface area contributed by atoms with Crippen LogP contribution >= 0.6 is 0 Å². The minimum atomic E-state index is -1.84. The fourth-order valence-corrected chi connectivity index (χ4v) is 3.58. The third-order valence-corrected chi connectivity index (χ3v) is 4.57. The Morgan fingerprint density at radius 3 is 2.12 bits per heavy atom. The summed E-state index contributed by atoms with van der Waals surface area (Å²) in [6.45, 7) is 8.38. The minimum absolute atomic E-state index is 0.0270. The highest BCUT2D eigenvalue weighted by Gasteiger charge is 2.26. The topological polar surface area (TPSA) is 3.24 Å². The average molecular weight is 247 g/mol. The minimum Gasteiger partial charge on any atom is -0.396 e. The fourth-order valence-electron chi connectivity index (χ4n) is 1.74. The summed E-state index contributed by atoms with van der Waals surface area (Å²) < 4.78 is 41.5. The Balaban J connectivity index is 3.30. The number of benzene rings is 1. The molecule has 0 N–H and O–H groups in total. The largest absolute Gasteiger partial charge is 0.396 e. The van der Waals surface area contributed by atoms with Crippen LogP contribution in [0.3, 0.4) is 0 Å². The molecule has 1 aromatic rings. The van der Waals surface area contributed by atoms with Crippen LogP contribution < -0.4 is 4.57 Å². The van der Waals surface area contributed by atoms with Gasteiger partial charge >= 0.3 is 0 Å². The van der Waals surface area contributed by atoms with E-state index in [1.165, 1.54) is 0 Å². The molecule has 0 aliphatic heterocycles. The lowest BCUT2D eigenvalue weighted by atomic mass is 10.3. The van der Waals surface area contributed by atoms with E-state index in [1.807, 2.05) is 26.6 Å². The number of nitrogens with zero attached hydrogens (tertiary/aromatic N) is 1. The predicted octanol–water partition coefficient (Wildman–Crippen LogP) is 3.77. The van der Waals surface area contributed by atoms with E-state index in [0.29, 0.717) is 12.6 Å². The highest BCUT2D eigenvalue weighted by atomic mass is 28.3. The second-order valence-corrected chi connectivity index (χ2v) is 9.52. The molecule has 0 saturated carbocycles. The van der Waals surface area contributed by atoms with Crippen molar-refractivity contribution in [2.24, 2.45) is 0 Å². The summed E-state index contributed by atoms with van der Waals surface area (Å²) in [5.41, 5.74) is 0.0270. The van der Waals surface area contributed by atoms with Crippen LogP contribution in [-0.2, 0) is 0 Å². The molecule has 0 heterocycles. The molecule has 90 valence electrons. The maximum Gasteiger partial charge on any atom is 0.181 e. The van der Waals surface area contributed by atoms with Crippen molar-refractivity contribution in [2.75, 3.05) is 11.1 Å². The van der Waals surface area contributed by atoms with Gasteiger partial charge in [-0.1, -0.05) is 19.6 Å². The summed E-state index contributed by atoms with van der Waals surface area (Å²) in [7, 11) is -1.84. The molecule has 0 bridgehead atoms. The molecular formula is C11H16F3NSi. The van der Waals surface area contributed by atoms with Crippen LogP contribution in [0.4, 0.5) is 18.9 Å². The van der Waals surface area contributed by atoms with E-state index in [9.17, 15) is 13.2 Å². The van der Waals surface area contributed by atoms with E-state index in [1.54, 1.807) is 4.57 Å². The van der Waals surface area contributed by atoms with Gasteiger partial charge in [-0.15, -0.1) is 0 Å². The van der Waals surface area contributed by atoms with Gasteiger partial charge in [-0.05, 0) is 13.0 Å². The van der Waals surface area contributed by atoms with Crippen molar-refractivity contribution in [2.45, 2.75) is 26.6 Å². The van der Waals surface area contributed by atoms with Gasteiger partial charge in [0, 0.05) is 12.6 Å². The monoisotopic (exact) mass is 247 g/mol. The highest BCUT2D eigenvalue weighted by Crippen LogP contribution is 2.27. The fraction of sp³-hybridized carbons (Fsp3) is 0.455. The molecule has 0 spiro atoms. The van der Waals surface area contributed by atoms with Gasteiger partial charge in [-0.25, -0.2) is 13.2 Å². The second kappa shape index (κ2) is 4.49. The van der Waals surface area contributed by atoms with Crippen molar-refractivity contribution in [3.05, 3.63) is 29.6 Å². The Kier molecular flexibility index (Phi) is 3.67. The molecule has 0 aliphatic rings. The Morgan fingerprint density at radius 1 is 1.12 bits per heavy atom. The molecule has 5 heteroatoms. The van der Waals surface area contributed by atoms with Crippen LogP contribution in [0.2, 0.25) is 19.6 Å². The van der Waals surface area contributed by atoms with E-state index >= 15 is 0 Å². The first-order valence-electron chi connectivity index (χ1n) is 5.19. The van der Waals surface area contributed by atoms with Crippen LogP contribution in [0.15, 0.2) is 12.1 Å². The highest BCUT2D eigenvalue weighted by molar-refractivity contribution is 6.79. The van der Waals surface area contributed by atoms with Crippen LogP contribution in [-0.4, -0.2) is 14.8 Å². The number of halogens is 3. The van der Waals surface area contributed by atoms with Gasteiger partial charge in [0.05, 0.1) is 5.69 Å². The molecule has 16 heavy (non-hydrogen) atoms. The maximum absolute atomic E-state index is 13.6. The molecule has 0 amide bonds. The van der Waals surface area contributed by atoms with Crippen molar-refractivity contribution in [1.82, 2.24) is 0 Å². The third-order valence-electron chi connectivity index (χ3n) is 2.39. The summed E-state index contributed by atoms with van der Waals surface area (Å²) in [5, 5.41) is 0. The zero-order valence-electron chi connectivity index (χ0n) is 9.94. The van der Waals surface area contributed by atoms with E-state index < -0.39 is 25.7 Å². The normalized spacial score (nSPS) is 11.7. The van der Waals surface area contributed by atoms with Crippen molar-refractivity contribution in [3.8, 4) is 0 Å². The molecular weight excluding hydrogens is 231 g/mol. The lowest BCUT2D eigenvalue weighted by Gasteiger charge is -2.35. The van der Waals surface area contributed by atoms with Gasteiger partial charge in [0.1, 0.15) is 14.1 Å². The smallest absolute Gasteiger partial charge is 0.181 e. The van der Waals surface area contributed by atoms with E-state index in [4.69, 9.17) is 0 Å². The molecule has 1 rings (SSSR count). The Bertz CT molecular complexity index is 388. The van der Waals surface area contributed by atoms with Gasteiger partial charge in [0.2, 0.25) is 0 Å². The average Bonchev–Trinajstić information content (AvgIpc) is 2.11. The zero-order chi connectivity index (χ0) is 12.5. The van der Waals surface area contributed by atoms with Crippen molar-refractivity contribution in [1.29, 1.82) is 0 Å². The van der Waals surface area contributed by atoms with Crippen LogP contribution in [0.1, 0.15) is 6.92 Å². The molecule has 0 atom stereocenters. The molecule has 0 aromatic heterocycles. The van der Waals surface area contributed by atoms with Crippen molar-refractivity contribution < 1.29 is 13.2 Å². The molecule has 1 aromatic carbocycles.